The fourth-order valence-corrected chi connectivity index (χ4v) is 1.79. The zero-order valence-corrected chi connectivity index (χ0v) is 9.38. The molecular formula is C11H18O4. The zero-order valence-electron chi connectivity index (χ0n) is 9.38. The molecule has 0 radical (unpaired) electrons. The number of rotatable bonds is 5. The Kier molecular flexibility index (Phi) is 4.12. The lowest BCUT2D eigenvalue weighted by Gasteiger charge is -2.21. The van der Waals surface area contributed by atoms with Crippen molar-refractivity contribution in [2.75, 3.05) is 7.11 Å². The van der Waals surface area contributed by atoms with Crippen LogP contribution in [0.3, 0.4) is 0 Å². The minimum absolute atomic E-state index is 0.106. The van der Waals surface area contributed by atoms with Gasteiger partial charge < -0.3 is 9.47 Å². The van der Waals surface area contributed by atoms with Gasteiger partial charge in [-0.05, 0) is 32.6 Å². The highest BCUT2D eigenvalue weighted by molar-refractivity contribution is 5.72. The van der Waals surface area contributed by atoms with E-state index in [1.54, 1.807) is 0 Å². The van der Waals surface area contributed by atoms with Crippen LogP contribution in [0.5, 0.6) is 0 Å². The Labute approximate surface area is 89.9 Å². The molecule has 0 bridgehead atoms. The highest BCUT2D eigenvalue weighted by atomic mass is 16.6. The lowest BCUT2D eigenvalue weighted by atomic mass is 9.95. The number of hydrogen-bond acceptors (Lipinski definition) is 4. The first-order chi connectivity index (χ1) is 7.06. The van der Waals surface area contributed by atoms with Gasteiger partial charge >= 0.3 is 11.9 Å². The summed E-state index contributed by atoms with van der Waals surface area (Å²) in [5.74, 6) is -0.283. The third-order valence-electron chi connectivity index (χ3n) is 2.78. The Hall–Kier alpha value is -1.06. The summed E-state index contributed by atoms with van der Waals surface area (Å²) in [7, 11) is 1.39. The number of carbonyl (C=O) groups is 2. The van der Waals surface area contributed by atoms with Crippen molar-refractivity contribution in [1.82, 2.24) is 0 Å². The molecule has 1 aliphatic rings. The van der Waals surface area contributed by atoms with Crippen molar-refractivity contribution in [1.29, 1.82) is 0 Å². The third-order valence-corrected chi connectivity index (χ3v) is 2.78. The predicted octanol–water partition coefficient (Wildman–Crippen LogP) is 1.82. The molecule has 1 rings (SSSR count). The Morgan fingerprint density at radius 3 is 2.80 bits per heavy atom. The number of hydrogen-bond donors (Lipinski definition) is 0. The van der Waals surface area contributed by atoms with E-state index in [2.05, 4.69) is 4.74 Å². The third kappa shape index (κ3) is 3.90. The van der Waals surface area contributed by atoms with E-state index in [-0.39, 0.29) is 17.5 Å². The number of ether oxygens (including phenoxy) is 2. The van der Waals surface area contributed by atoms with Crippen molar-refractivity contribution in [3.05, 3.63) is 0 Å². The highest BCUT2D eigenvalue weighted by Gasteiger charge is 2.34. The van der Waals surface area contributed by atoms with Crippen LogP contribution in [0.25, 0.3) is 0 Å². The van der Waals surface area contributed by atoms with Gasteiger partial charge in [-0.2, -0.15) is 0 Å². The highest BCUT2D eigenvalue weighted by Crippen LogP contribution is 2.31. The standard InChI is InChI=1S/C11H18O4/c1-11(8-6-10(13)15-11)7-4-3-5-9(12)14-2/h3-8H2,1-2H3/t11-/m1/s1. The Morgan fingerprint density at radius 1 is 1.53 bits per heavy atom. The van der Waals surface area contributed by atoms with Crippen molar-refractivity contribution in [3.8, 4) is 0 Å². The summed E-state index contributed by atoms with van der Waals surface area (Å²) in [5.41, 5.74) is -0.298. The van der Waals surface area contributed by atoms with E-state index < -0.39 is 0 Å². The van der Waals surface area contributed by atoms with Gasteiger partial charge in [0.1, 0.15) is 5.60 Å². The molecular weight excluding hydrogens is 196 g/mol. The molecule has 1 fully saturated rings. The van der Waals surface area contributed by atoms with Crippen LogP contribution >= 0.6 is 0 Å². The molecule has 0 aromatic rings. The molecule has 15 heavy (non-hydrogen) atoms. The molecule has 1 aliphatic heterocycles. The molecule has 0 aromatic carbocycles. The van der Waals surface area contributed by atoms with Crippen LogP contribution in [-0.2, 0) is 19.1 Å². The van der Waals surface area contributed by atoms with Crippen LogP contribution in [0.2, 0.25) is 0 Å². The molecule has 0 unspecified atom stereocenters. The molecule has 4 nitrogen and oxygen atoms in total. The number of unbranched alkanes of at least 4 members (excludes halogenated alkanes) is 1. The molecule has 0 N–H and O–H groups in total. The SMILES string of the molecule is COC(=O)CCCC[C@]1(C)CCC(=O)O1. The van der Waals surface area contributed by atoms with Gasteiger partial charge in [0.2, 0.25) is 0 Å². The van der Waals surface area contributed by atoms with Crippen molar-refractivity contribution < 1.29 is 19.1 Å². The van der Waals surface area contributed by atoms with Crippen molar-refractivity contribution >= 4 is 11.9 Å². The van der Waals surface area contributed by atoms with Crippen LogP contribution in [0.15, 0.2) is 0 Å². The topological polar surface area (TPSA) is 52.6 Å². The van der Waals surface area contributed by atoms with E-state index in [9.17, 15) is 9.59 Å². The fraction of sp³-hybridized carbons (Fsp3) is 0.818. The van der Waals surface area contributed by atoms with E-state index in [0.717, 1.165) is 25.7 Å². The quantitative estimate of drug-likeness (QED) is 0.517. The minimum Gasteiger partial charge on any atom is -0.469 e. The number of carbonyl (C=O) groups excluding carboxylic acids is 2. The van der Waals surface area contributed by atoms with Crippen molar-refractivity contribution in [2.45, 2.75) is 51.0 Å². The molecule has 86 valence electrons. The van der Waals surface area contributed by atoms with Crippen LogP contribution in [-0.4, -0.2) is 24.6 Å². The van der Waals surface area contributed by atoms with Gasteiger partial charge in [0.15, 0.2) is 0 Å². The summed E-state index contributed by atoms with van der Waals surface area (Å²) in [6, 6.07) is 0. The predicted molar refractivity (Wildman–Crippen MR) is 54.2 cm³/mol. The molecule has 0 aliphatic carbocycles. The van der Waals surface area contributed by atoms with Gasteiger partial charge in [-0.15, -0.1) is 0 Å². The van der Waals surface area contributed by atoms with Crippen LogP contribution < -0.4 is 0 Å². The smallest absolute Gasteiger partial charge is 0.306 e. The normalized spacial score (nSPS) is 25.1. The van der Waals surface area contributed by atoms with Crippen molar-refractivity contribution in [2.24, 2.45) is 0 Å². The molecule has 1 atom stereocenters. The lowest BCUT2D eigenvalue weighted by molar-refractivity contribution is -0.148. The molecule has 0 amide bonds. The van der Waals surface area contributed by atoms with Crippen LogP contribution in [0.4, 0.5) is 0 Å². The first-order valence-electron chi connectivity index (χ1n) is 5.34. The summed E-state index contributed by atoms with van der Waals surface area (Å²) in [5, 5.41) is 0. The number of esters is 2. The Bertz CT molecular complexity index is 249. The van der Waals surface area contributed by atoms with E-state index >= 15 is 0 Å². The van der Waals surface area contributed by atoms with Gasteiger partial charge in [-0.25, -0.2) is 0 Å². The van der Waals surface area contributed by atoms with Gasteiger partial charge in [-0.1, -0.05) is 0 Å². The first kappa shape index (κ1) is 12.0. The largest absolute Gasteiger partial charge is 0.469 e. The maximum absolute atomic E-state index is 10.9. The second kappa shape index (κ2) is 5.14. The Morgan fingerprint density at radius 2 is 2.27 bits per heavy atom. The van der Waals surface area contributed by atoms with E-state index in [4.69, 9.17) is 4.74 Å². The van der Waals surface area contributed by atoms with Crippen molar-refractivity contribution in [3.63, 3.8) is 0 Å². The average molecular weight is 214 g/mol. The van der Waals surface area contributed by atoms with E-state index in [1.165, 1.54) is 7.11 Å². The van der Waals surface area contributed by atoms with E-state index in [1.807, 2.05) is 6.92 Å². The van der Waals surface area contributed by atoms with Crippen LogP contribution in [0.1, 0.15) is 45.4 Å². The first-order valence-corrected chi connectivity index (χ1v) is 5.34. The van der Waals surface area contributed by atoms with Gasteiger partial charge in [0.05, 0.1) is 7.11 Å². The van der Waals surface area contributed by atoms with Gasteiger partial charge in [0.25, 0.3) is 0 Å². The average Bonchev–Trinajstić information content (AvgIpc) is 2.54. The van der Waals surface area contributed by atoms with Gasteiger partial charge in [0, 0.05) is 12.8 Å². The summed E-state index contributed by atoms with van der Waals surface area (Å²) in [6.45, 7) is 1.95. The summed E-state index contributed by atoms with van der Waals surface area (Å²) in [6.07, 6.45) is 4.27. The van der Waals surface area contributed by atoms with E-state index in [0.29, 0.717) is 12.8 Å². The molecule has 4 heteroatoms. The lowest BCUT2D eigenvalue weighted by Crippen LogP contribution is -2.23. The maximum atomic E-state index is 10.9. The monoisotopic (exact) mass is 214 g/mol. The summed E-state index contributed by atoms with van der Waals surface area (Å²) >= 11 is 0. The molecule has 1 heterocycles. The molecule has 1 saturated heterocycles. The number of methoxy groups -OCH3 is 1. The zero-order chi connectivity index (χ0) is 11.3. The summed E-state index contributed by atoms with van der Waals surface area (Å²) in [4.78, 5) is 21.8. The molecule has 0 spiro atoms. The summed E-state index contributed by atoms with van der Waals surface area (Å²) < 4.78 is 9.77. The Balaban J connectivity index is 2.14. The van der Waals surface area contributed by atoms with Crippen LogP contribution in [0, 0.1) is 0 Å². The van der Waals surface area contributed by atoms with Gasteiger partial charge in [-0.3, -0.25) is 9.59 Å². The molecule has 0 aromatic heterocycles. The molecule has 0 saturated carbocycles. The maximum Gasteiger partial charge on any atom is 0.306 e. The number of cyclic esters (lactones) is 1. The minimum atomic E-state index is -0.298. The second-order valence-electron chi connectivity index (χ2n) is 4.21. The fourth-order valence-electron chi connectivity index (χ4n) is 1.79. The second-order valence-corrected chi connectivity index (χ2v) is 4.21.